The van der Waals surface area contributed by atoms with E-state index in [0.29, 0.717) is 11.6 Å². The topological polar surface area (TPSA) is 55.9 Å². The zero-order valence-corrected chi connectivity index (χ0v) is 15.2. The molecule has 0 saturated carbocycles. The van der Waals surface area contributed by atoms with Crippen LogP contribution in [0.1, 0.15) is 6.92 Å². The molecule has 0 unspecified atom stereocenters. The second kappa shape index (κ2) is 8.46. The van der Waals surface area contributed by atoms with Crippen LogP contribution < -0.4 is 5.32 Å². The predicted molar refractivity (Wildman–Crippen MR) is 96.3 cm³/mol. The fraction of sp³-hybridized carbons (Fsp3) is 0.529. The van der Waals surface area contributed by atoms with E-state index in [1.165, 1.54) is 0 Å². The SMILES string of the molecule is C[C@H](C(=O)Nc1ccc(Cl)cc1)N1CCN(CC(=O)N(C)C)CC1. The van der Waals surface area contributed by atoms with Crippen molar-refractivity contribution in [2.75, 3.05) is 52.1 Å². The molecular formula is C17H25ClN4O2. The van der Waals surface area contributed by atoms with Gasteiger partial charge in [-0.3, -0.25) is 19.4 Å². The second-order valence-corrected chi connectivity index (χ2v) is 6.71. The third-order valence-corrected chi connectivity index (χ3v) is 4.56. The summed E-state index contributed by atoms with van der Waals surface area (Å²) in [4.78, 5) is 30.0. The Morgan fingerprint density at radius 2 is 1.75 bits per heavy atom. The van der Waals surface area contributed by atoms with Crippen LogP contribution in [0.4, 0.5) is 5.69 Å². The molecule has 0 bridgehead atoms. The molecule has 0 radical (unpaired) electrons. The Balaban J connectivity index is 1.81. The first-order valence-electron chi connectivity index (χ1n) is 8.10. The number of likely N-dealkylation sites (N-methyl/N-ethyl adjacent to an activating group) is 1. The van der Waals surface area contributed by atoms with Gasteiger partial charge in [-0.25, -0.2) is 0 Å². The van der Waals surface area contributed by atoms with Gasteiger partial charge in [0.15, 0.2) is 0 Å². The summed E-state index contributed by atoms with van der Waals surface area (Å²) in [6, 6.07) is 6.87. The molecule has 132 valence electrons. The minimum Gasteiger partial charge on any atom is -0.348 e. The van der Waals surface area contributed by atoms with Crippen LogP contribution in [0.2, 0.25) is 5.02 Å². The van der Waals surface area contributed by atoms with E-state index >= 15 is 0 Å². The number of nitrogens with zero attached hydrogens (tertiary/aromatic N) is 3. The van der Waals surface area contributed by atoms with E-state index < -0.39 is 0 Å². The maximum Gasteiger partial charge on any atom is 0.241 e. The summed E-state index contributed by atoms with van der Waals surface area (Å²) in [7, 11) is 3.53. The van der Waals surface area contributed by atoms with Gasteiger partial charge < -0.3 is 10.2 Å². The molecule has 1 saturated heterocycles. The molecular weight excluding hydrogens is 328 g/mol. The van der Waals surface area contributed by atoms with Crippen LogP contribution in [0, 0.1) is 0 Å². The smallest absolute Gasteiger partial charge is 0.241 e. The fourth-order valence-corrected chi connectivity index (χ4v) is 2.71. The van der Waals surface area contributed by atoms with Gasteiger partial charge in [-0.15, -0.1) is 0 Å². The van der Waals surface area contributed by atoms with Gasteiger partial charge in [0.2, 0.25) is 11.8 Å². The molecule has 1 aliphatic heterocycles. The van der Waals surface area contributed by atoms with E-state index in [1.54, 1.807) is 43.3 Å². The Morgan fingerprint density at radius 1 is 1.17 bits per heavy atom. The number of carbonyl (C=O) groups excluding carboxylic acids is 2. The van der Waals surface area contributed by atoms with Crippen molar-refractivity contribution in [3.05, 3.63) is 29.3 Å². The van der Waals surface area contributed by atoms with E-state index in [9.17, 15) is 9.59 Å². The van der Waals surface area contributed by atoms with Gasteiger partial charge in [-0.05, 0) is 31.2 Å². The summed E-state index contributed by atoms with van der Waals surface area (Å²) < 4.78 is 0. The van der Waals surface area contributed by atoms with Crippen molar-refractivity contribution >= 4 is 29.1 Å². The predicted octanol–water partition coefficient (Wildman–Crippen LogP) is 1.37. The highest BCUT2D eigenvalue weighted by atomic mass is 35.5. The maximum absolute atomic E-state index is 12.4. The second-order valence-electron chi connectivity index (χ2n) is 6.27. The Kier molecular flexibility index (Phi) is 6.60. The highest BCUT2D eigenvalue weighted by Crippen LogP contribution is 2.15. The number of anilines is 1. The molecule has 6 nitrogen and oxygen atoms in total. The number of amides is 2. The van der Waals surface area contributed by atoms with Gasteiger partial charge in [-0.1, -0.05) is 11.6 Å². The van der Waals surface area contributed by atoms with Gasteiger partial charge in [0, 0.05) is 51.0 Å². The van der Waals surface area contributed by atoms with Crippen LogP contribution in [0.15, 0.2) is 24.3 Å². The van der Waals surface area contributed by atoms with Crippen molar-refractivity contribution in [3.8, 4) is 0 Å². The molecule has 1 aromatic carbocycles. The summed E-state index contributed by atoms with van der Waals surface area (Å²) in [5.74, 6) is 0.0760. The van der Waals surface area contributed by atoms with Crippen molar-refractivity contribution in [1.82, 2.24) is 14.7 Å². The Morgan fingerprint density at radius 3 is 2.29 bits per heavy atom. The van der Waals surface area contributed by atoms with Crippen molar-refractivity contribution < 1.29 is 9.59 Å². The van der Waals surface area contributed by atoms with Crippen LogP contribution in [0.3, 0.4) is 0 Å². The quantitative estimate of drug-likeness (QED) is 0.869. The van der Waals surface area contributed by atoms with Crippen LogP contribution in [-0.4, -0.2) is 79.4 Å². The van der Waals surface area contributed by atoms with Gasteiger partial charge in [0.1, 0.15) is 0 Å². The normalized spacial score (nSPS) is 17.3. The molecule has 24 heavy (non-hydrogen) atoms. The third kappa shape index (κ3) is 5.19. The highest BCUT2D eigenvalue weighted by molar-refractivity contribution is 6.30. The highest BCUT2D eigenvalue weighted by Gasteiger charge is 2.26. The zero-order valence-electron chi connectivity index (χ0n) is 14.5. The Hall–Kier alpha value is -1.63. The summed E-state index contributed by atoms with van der Waals surface area (Å²) in [6.45, 7) is 5.47. The molecule has 7 heteroatoms. The number of piperazine rings is 1. The molecule has 0 aliphatic carbocycles. The molecule has 2 rings (SSSR count). The molecule has 2 amide bonds. The van der Waals surface area contributed by atoms with Gasteiger partial charge in [0.05, 0.1) is 12.6 Å². The fourth-order valence-electron chi connectivity index (χ4n) is 2.59. The van der Waals surface area contributed by atoms with Crippen molar-refractivity contribution in [1.29, 1.82) is 0 Å². The van der Waals surface area contributed by atoms with Gasteiger partial charge in [-0.2, -0.15) is 0 Å². The molecule has 1 atom stereocenters. The standard InChI is InChI=1S/C17H25ClN4O2/c1-13(17(24)19-15-6-4-14(18)5-7-15)22-10-8-21(9-11-22)12-16(23)20(2)3/h4-7,13H,8-12H2,1-3H3,(H,19,24)/t13-/m1/s1. The largest absolute Gasteiger partial charge is 0.348 e. The summed E-state index contributed by atoms with van der Waals surface area (Å²) in [5, 5.41) is 3.55. The molecule has 1 aromatic rings. The number of hydrogen-bond donors (Lipinski definition) is 1. The molecule has 1 aliphatic rings. The molecule has 1 fully saturated rings. The van der Waals surface area contributed by atoms with E-state index in [2.05, 4.69) is 15.1 Å². The first-order valence-corrected chi connectivity index (χ1v) is 8.47. The van der Waals surface area contributed by atoms with Crippen LogP contribution in [-0.2, 0) is 9.59 Å². The third-order valence-electron chi connectivity index (χ3n) is 4.30. The Bertz CT molecular complexity index is 568. The molecule has 1 N–H and O–H groups in total. The molecule has 0 aromatic heterocycles. The summed E-state index contributed by atoms with van der Waals surface area (Å²) in [6.07, 6.45) is 0. The van der Waals surface area contributed by atoms with Crippen molar-refractivity contribution in [2.24, 2.45) is 0 Å². The molecule has 1 heterocycles. The molecule has 0 spiro atoms. The summed E-state index contributed by atoms with van der Waals surface area (Å²) >= 11 is 5.85. The van der Waals surface area contributed by atoms with E-state index in [0.717, 1.165) is 31.9 Å². The minimum atomic E-state index is -0.215. The van der Waals surface area contributed by atoms with E-state index in [4.69, 9.17) is 11.6 Å². The lowest BCUT2D eigenvalue weighted by molar-refractivity contribution is -0.131. The first-order chi connectivity index (χ1) is 11.4. The number of carbonyl (C=O) groups is 2. The van der Waals surface area contributed by atoms with E-state index in [1.807, 2.05) is 6.92 Å². The van der Waals surface area contributed by atoms with Crippen molar-refractivity contribution in [3.63, 3.8) is 0 Å². The number of halogens is 1. The van der Waals surface area contributed by atoms with Crippen LogP contribution >= 0.6 is 11.6 Å². The van der Waals surface area contributed by atoms with Crippen molar-refractivity contribution in [2.45, 2.75) is 13.0 Å². The zero-order chi connectivity index (χ0) is 17.7. The number of rotatable bonds is 5. The number of nitrogens with one attached hydrogen (secondary N) is 1. The lowest BCUT2D eigenvalue weighted by Crippen LogP contribution is -2.54. The minimum absolute atomic E-state index is 0.0323. The maximum atomic E-state index is 12.4. The lowest BCUT2D eigenvalue weighted by Gasteiger charge is -2.37. The number of hydrogen-bond acceptors (Lipinski definition) is 4. The average Bonchev–Trinajstić information content (AvgIpc) is 2.56. The first kappa shape index (κ1) is 18.7. The Labute approximate surface area is 148 Å². The van der Waals surface area contributed by atoms with E-state index in [-0.39, 0.29) is 17.9 Å². The van der Waals surface area contributed by atoms with Gasteiger partial charge >= 0.3 is 0 Å². The monoisotopic (exact) mass is 352 g/mol. The summed E-state index contributed by atoms with van der Waals surface area (Å²) in [5.41, 5.74) is 0.742. The van der Waals surface area contributed by atoms with Crippen LogP contribution in [0.25, 0.3) is 0 Å². The van der Waals surface area contributed by atoms with Gasteiger partial charge in [0.25, 0.3) is 0 Å². The average molecular weight is 353 g/mol. The lowest BCUT2D eigenvalue weighted by atomic mass is 10.2. The van der Waals surface area contributed by atoms with Crippen LogP contribution in [0.5, 0.6) is 0 Å². The number of benzene rings is 1.